The van der Waals surface area contributed by atoms with Crippen LogP contribution in [-0.2, 0) is 4.79 Å². The van der Waals surface area contributed by atoms with Crippen LogP contribution in [-0.4, -0.2) is 33.4 Å². The third-order valence-electron chi connectivity index (χ3n) is 2.33. The van der Waals surface area contributed by atoms with E-state index < -0.39 is 4.92 Å². The van der Waals surface area contributed by atoms with Crippen molar-refractivity contribution in [2.45, 2.75) is 12.5 Å². The lowest BCUT2D eigenvalue weighted by atomic mass is 10.3. The molecule has 17 heavy (non-hydrogen) atoms. The Kier molecular flexibility index (Phi) is 2.90. The van der Waals surface area contributed by atoms with E-state index in [0.717, 1.165) is 11.1 Å². The Morgan fingerprint density at radius 2 is 2.35 bits per heavy atom. The molecule has 0 bridgehead atoms. The molecule has 1 fully saturated rings. The third-order valence-corrected chi connectivity index (χ3v) is 2.51. The van der Waals surface area contributed by atoms with Gasteiger partial charge in [0.1, 0.15) is 6.20 Å². The van der Waals surface area contributed by atoms with E-state index in [4.69, 9.17) is 17.3 Å². The topological polar surface area (TPSA) is 115 Å². The van der Waals surface area contributed by atoms with Crippen LogP contribution in [0.5, 0.6) is 0 Å². The molecule has 1 saturated heterocycles. The first-order valence-electron chi connectivity index (χ1n) is 4.72. The second-order valence-electron chi connectivity index (χ2n) is 3.57. The molecule has 1 aliphatic heterocycles. The minimum Gasteiger partial charge on any atom is -0.326 e. The molecule has 0 aliphatic carbocycles. The zero-order chi connectivity index (χ0) is 12.6. The number of aromatic nitrogens is 2. The van der Waals surface area contributed by atoms with Crippen molar-refractivity contribution in [3.63, 3.8) is 0 Å². The molecule has 1 aromatic rings. The second-order valence-corrected chi connectivity index (χ2v) is 3.91. The summed E-state index contributed by atoms with van der Waals surface area (Å²) < 4.78 is 0. The minimum absolute atomic E-state index is 0.104. The molecular weight excluding hydrogens is 250 g/mol. The lowest BCUT2D eigenvalue weighted by molar-refractivity contribution is -0.384. The molecule has 8 nitrogen and oxygen atoms in total. The van der Waals surface area contributed by atoms with Crippen molar-refractivity contribution in [1.29, 1.82) is 0 Å². The fraction of sp³-hybridized carbons (Fsp3) is 0.375. The van der Waals surface area contributed by atoms with Crippen LogP contribution in [0.2, 0.25) is 5.28 Å². The maximum Gasteiger partial charge on any atom is 0.330 e. The zero-order valence-corrected chi connectivity index (χ0v) is 9.29. The van der Waals surface area contributed by atoms with Crippen LogP contribution < -0.4 is 10.6 Å². The summed E-state index contributed by atoms with van der Waals surface area (Å²) in [6.07, 6.45) is 1.11. The van der Waals surface area contributed by atoms with Gasteiger partial charge in [0.25, 0.3) is 0 Å². The lowest BCUT2D eigenvalue weighted by Crippen LogP contribution is -2.29. The predicted octanol–water partition coefficient (Wildman–Crippen LogP) is 0.102. The van der Waals surface area contributed by atoms with Crippen LogP contribution in [0.4, 0.5) is 11.5 Å². The Morgan fingerprint density at radius 3 is 2.88 bits per heavy atom. The monoisotopic (exact) mass is 257 g/mol. The molecule has 0 saturated carbocycles. The van der Waals surface area contributed by atoms with Gasteiger partial charge in [0.2, 0.25) is 17.0 Å². The molecule has 2 N–H and O–H groups in total. The van der Waals surface area contributed by atoms with Crippen molar-refractivity contribution >= 4 is 29.0 Å². The fourth-order valence-electron chi connectivity index (χ4n) is 1.61. The van der Waals surface area contributed by atoms with E-state index in [9.17, 15) is 14.9 Å². The van der Waals surface area contributed by atoms with Gasteiger partial charge < -0.3 is 5.73 Å². The van der Waals surface area contributed by atoms with E-state index in [0.29, 0.717) is 0 Å². The number of carbonyl (C=O) groups excluding carboxylic acids is 1. The number of anilines is 1. The molecule has 1 aliphatic rings. The summed E-state index contributed by atoms with van der Waals surface area (Å²) in [4.78, 5) is 30.1. The second kappa shape index (κ2) is 4.22. The van der Waals surface area contributed by atoms with Crippen molar-refractivity contribution < 1.29 is 9.72 Å². The Morgan fingerprint density at radius 1 is 1.65 bits per heavy atom. The Balaban J connectivity index is 2.46. The predicted molar refractivity (Wildman–Crippen MR) is 58.6 cm³/mol. The van der Waals surface area contributed by atoms with E-state index in [-0.39, 0.29) is 41.7 Å². The standard InChI is InChI=1S/C8H8ClN5O3/c9-8-11-2-5(14(16)17)7(12-8)13-3-4(10)1-6(13)15/h2,4H,1,3,10H2. The van der Waals surface area contributed by atoms with E-state index >= 15 is 0 Å². The van der Waals surface area contributed by atoms with Crippen LogP contribution >= 0.6 is 11.6 Å². The van der Waals surface area contributed by atoms with Crippen molar-refractivity contribution in [3.8, 4) is 0 Å². The number of rotatable bonds is 2. The molecule has 2 heterocycles. The first-order valence-corrected chi connectivity index (χ1v) is 5.09. The SMILES string of the molecule is NC1CC(=O)N(c2nc(Cl)ncc2[N+](=O)[O-])C1. The summed E-state index contributed by atoms with van der Waals surface area (Å²) in [5, 5.41) is 10.6. The number of hydrogen-bond donors (Lipinski definition) is 1. The van der Waals surface area contributed by atoms with Crippen molar-refractivity contribution in [2.24, 2.45) is 5.73 Å². The molecule has 2 rings (SSSR count). The van der Waals surface area contributed by atoms with E-state index in [1.54, 1.807) is 0 Å². The van der Waals surface area contributed by atoms with Gasteiger partial charge in [0.15, 0.2) is 0 Å². The van der Waals surface area contributed by atoms with Crippen LogP contribution in [0.3, 0.4) is 0 Å². The molecule has 1 atom stereocenters. The minimum atomic E-state index is -0.664. The van der Waals surface area contributed by atoms with Gasteiger partial charge in [-0.15, -0.1) is 0 Å². The smallest absolute Gasteiger partial charge is 0.326 e. The number of hydrogen-bond acceptors (Lipinski definition) is 6. The van der Waals surface area contributed by atoms with Crippen LogP contribution in [0.15, 0.2) is 6.20 Å². The van der Waals surface area contributed by atoms with Gasteiger partial charge in [-0.2, -0.15) is 4.98 Å². The van der Waals surface area contributed by atoms with Gasteiger partial charge in [0.05, 0.1) is 4.92 Å². The molecule has 0 aromatic carbocycles. The highest BCUT2D eigenvalue weighted by atomic mass is 35.5. The zero-order valence-electron chi connectivity index (χ0n) is 8.54. The summed E-state index contributed by atoms with van der Waals surface area (Å²) in [6, 6.07) is -0.351. The highest BCUT2D eigenvalue weighted by Crippen LogP contribution is 2.29. The maximum absolute atomic E-state index is 11.6. The number of carbonyl (C=O) groups is 1. The summed E-state index contributed by atoms with van der Waals surface area (Å²) in [6.45, 7) is 0.188. The molecule has 9 heteroatoms. The van der Waals surface area contributed by atoms with Crippen molar-refractivity contribution in [2.75, 3.05) is 11.4 Å². The summed E-state index contributed by atoms with van der Waals surface area (Å²) in [7, 11) is 0. The Labute approximate surface area is 101 Å². The molecule has 0 spiro atoms. The number of halogens is 1. The van der Waals surface area contributed by atoms with Gasteiger partial charge in [-0.1, -0.05) is 0 Å². The first kappa shape index (κ1) is 11.7. The van der Waals surface area contributed by atoms with E-state index in [1.807, 2.05) is 0 Å². The number of nitro groups is 1. The Hall–Kier alpha value is -1.80. The molecule has 1 unspecified atom stereocenters. The lowest BCUT2D eigenvalue weighted by Gasteiger charge is -2.14. The average molecular weight is 258 g/mol. The largest absolute Gasteiger partial charge is 0.330 e. The fourth-order valence-corrected chi connectivity index (χ4v) is 1.74. The number of nitrogens with two attached hydrogens (primary N) is 1. The normalized spacial score (nSPS) is 19.8. The van der Waals surface area contributed by atoms with Gasteiger partial charge >= 0.3 is 5.69 Å². The third kappa shape index (κ3) is 2.17. The van der Waals surface area contributed by atoms with Crippen molar-refractivity contribution in [1.82, 2.24) is 9.97 Å². The van der Waals surface area contributed by atoms with Crippen LogP contribution in [0.25, 0.3) is 0 Å². The highest BCUT2D eigenvalue weighted by molar-refractivity contribution is 6.28. The van der Waals surface area contributed by atoms with Gasteiger partial charge in [-0.05, 0) is 11.6 Å². The number of amides is 1. The molecular formula is C8H8ClN5O3. The summed E-state index contributed by atoms with van der Waals surface area (Å²) in [5.41, 5.74) is 5.24. The Bertz CT molecular complexity index is 494. The van der Waals surface area contributed by atoms with E-state index in [1.165, 1.54) is 0 Å². The summed E-state index contributed by atoms with van der Waals surface area (Å²) >= 11 is 5.57. The van der Waals surface area contributed by atoms with Crippen molar-refractivity contribution in [3.05, 3.63) is 21.6 Å². The molecule has 90 valence electrons. The maximum atomic E-state index is 11.6. The highest BCUT2D eigenvalue weighted by Gasteiger charge is 2.34. The van der Waals surface area contributed by atoms with E-state index in [2.05, 4.69) is 9.97 Å². The average Bonchev–Trinajstić information content (AvgIpc) is 2.57. The quantitative estimate of drug-likeness (QED) is 0.456. The molecule has 0 radical (unpaired) electrons. The van der Waals surface area contributed by atoms with Gasteiger partial charge in [-0.25, -0.2) is 4.98 Å². The molecule has 1 amide bonds. The van der Waals surface area contributed by atoms with Crippen LogP contribution in [0, 0.1) is 10.1 Å². The van der Waals surface area contributed by atoms with Gasteiger partial charge in [-0.3, -0.25) is 19.8 Å². The van der Waals surface area contributed by atoms with Gasteiger partial charge in [0, 0.05) is 19.0 Å². The van der Waals surface area contributed by atoms with Crippen LogP contribution in [0.1, 0.15) is 6.42 Å². The summed E-state index contributed by atoms with van der Waals surface area (Å²) in [5.74, 6) is -0.414. The molecule has 1 aromatic heterocycles. The number of nitrogens with zero attached hydrogens (tertiary/aromatic N) is 4. The first-order chi connectivity index (χ1) is 7.99.